The summed E-state index contributed by atoms with van der Waals surface area (Å²) in [7, 11) is -0.439. The number of aryl methyl sites for hydroxylation is 2. The molecule has 26 nitrogen and oxygen atoms in total. The van der Waals surface area contributed by atoms with Gasteiger partial charge >= 0.3 is 13.2 Å². The number of rotatable bonds is 26. The van der Waals surface area contributed by atoms with Crippen molar-refractivity contribution in [3.63, 3.8) is 0 Å². The summed E-state index contributed by atoms with van der Waals surface area (Å²) in [4.78, 5) is 31.9. The number of anilines is 4. The lowest BCUT2D eigenvalue weighted by Crippen LogP contribution is -2.25. The lowest BCUT2D eigenvalue weighted by molar-refractivity contribution is -0.130. The van der Waals surface area contributed by atoms with Gasteiger partial charge in [-0.1, -0.05) is 0 Å². The number of aliphatic hydroxyl groups excluding tert-OH is 3. The number of fused-ring (bicyclic) bond motifs is 3. The topological polar surface area (TPSA) is 301 Å². The second-order valence-corrected chi connectivity index (χ2v) is 30.0. The van der Waals surface area contributed by atoms with E-state index in [9.17, 15) is 41.9 Å². The average Bonchev–Trinajstić information content (AvgIpc) is 1.63. The number of terminal acetylenes is 1. The highest BCUT2D eigenvalue weighted by Gasteiger charge is 2.31. The van der Waals surface area contributed by atoms with Crippen LogP contribution in [0, 0.1) is 12.3 Å². The number of alkyl halides is 4. The van der Waals surface area contributed by atoms with Crippen LogP contribution in [0.3, 0.4) is 0 Å². The number of aliphatic hydroxyl groups is 3. The number of amides is 1. The minimum atomic E-state index is -2.83. The van der Waals surface area contributed by atoms with E-state index in [4.69, 9.17) is 16.3 Å². The molecule has 1 amide bonds. The highest BCUT2D eigenvalue weighted by Crippen LogP contribution is 2.42. The number of carbonyl (C=O) groups is 1. The van der Waals surface area contributed by atoms with E-state index in [-0.39, 0.29) is 55.3 Å². The summed E-state index contributed by atoms with van der Waals surface area (Å²) in [6, 6.07) is 9.62. The van der Waals surface area contributed by atoms with Crippen molar-refractivity contribution >= 4 is 61.5 Å². The van der Waals surface area contributed by atoms with Crippen molar-refractivity contribution in [1.29, 1.82) is 0 Å². The zero-order valence-corrected chi connectivity index (χ0v) is 59.0. The molecule has 102 heavy (non-hydrogen) atoms. The third-order valence-electron chi connectivity index (χ3n) is 19.0. The van der Waals surface area contributed by atoms with Gasteiger partial charge in [-0.25, -0.2) is 33.5 Å². The van der Waals surface area contributed by atoms with Crippen molar-refractivity contribution in [2.75, 3.05) is 66.3 Å². The smallest absolute Gasteiger partial charge is 0.345 e. The van der Waals surface area contributed by atoms with Gasteiger partial charge in [0.25, 0.3) is 0 Å². The van der Waals surface area contributed by atoms with Crippen LogP contribution in [-0.4, -0.2) is 195 Å². The van der Waals surface area contributed by atoms with Crippen LogP contribution >= 0.6 is 0 Å². The monoisotopic (exact) mass is 1430 g/mol. The Hall–Kier alpha value is -8.64. The number of ether oxygens (including phenoxy) is 3. The number of nitrogens with zero attached hydrogens (tertiary/aromatic N) is 15. The summed E-state index contributed by atoms with van der Waals surface area (Å²) < 4.78 is 84.7. The number of aromatic nitrogens is 14. The first kappa shape index (κ1) is 74.5. The molecule has 1 unspecified atom stereocenters. The molecule has 9 aromatic rings. The van der Waals surface area contributed by atoms with Crippen LogP contribution in [0.25, 0.3) is 49.9 Å². The number of hydrogen-bond donors (Lipinski definition) is 6. The molecule has 13 rings (SSSR count). The van der Waals surface area contributed by atoms with E-state index in [0.717, 1.165) is 150 Å². The quantitative estimate of drug-likeness (QED) is 0.0167. The van der Waals surface area contributed by atoms with Gasteiger partial charge in [0.05, 0.1) is 98.8 Å². The minimum absolute atomic E-state index is 0.0755. The summed E-state index contributed by atoms with van der Waals surface area (Å²) in [5.41, 5.74) is 11.4. The van der Waals surface area contributed by atoms with E-state index in [0.29, 0.717) is 74.4 Å². The first-order valence-electron chi connectivity index (χ1n) is 34.9. The van der Waals surface area contributed by atoms with Crippen LogP contribution < -0.4 is 20.9 Å². The maximum absolute atomic E-state index is 12.4. The van der Waals surface area contributed by atoms with Crippen LogP contribution in [0.1, 0.15) is 152 Å². The Bertz CT molecular complexity index is 4420. The summed E-state index contributed by atoms with van der Waals surface area (Å²) in [6.45, 7) is 1.88. The first-order chi connectivity index (χ1) is 49.1. The van der Waals surface area contributed by atoms with Crippen molar-refractivity contribution in [3.8, 4) is 45.7 Å². The van der Waals surface area contributed by atoms with E-state index in [1.807, 2.05) is 55.9 Å². The zero-order chi connectivity index (χ0) is 72.2. The van der Waals surface area contributed by atoms with Gasteiger partial charge in [0.2, 0.25) is 23.8 Å². The number of pyridine rings is 1. The zero-order valence-electron chi connectivity index (χ0n) is 58.2. The van der Waals surface area contributed by atoms with Gasteiger partial charge in [0.15, 0.2) is 0 Å². The average molecular weight is 1430 g/mol. The fraction of sp³-hybridized carbons (Fsp3) is 0.535. The van der Waals surface area contributed by atoms with Crippen molar-refractivity contribution < 1.29 is 56.1 Å². The second kappa shape index (κ2) is 34.1. The maximum Gasteiger partial charge on any atom is 0.345 e. The van der Waals surface area contributed by atoms with Gasteiger partial charge < -0.3 is 45.5 Å². The largest absolute Gasteiger partial charge is 0.393 e. The van der Waals surface area contributed by atoms with Gasteiger partial charge in [-0.05, 0) is 156 Å². The molecule has 1 saturated heterocycles. The fourth-order valence-corrected chi connectivity index (χ4v) is 14.3. The normalized spacial score (nSPS) is 21.0. The summed E-state index contributed by atoms with van der Waals surface area (Å²) in [5, 5.41) is 62.3. The van der Waals surface area contributed by atoms with Gasteiger partial charge in [-0.3, -0.25) is 23.3 Å². The van der Waals surface area contributed by atoms with Crippen molar-refractivity contribution in [2.45, 2.75) is 198 Å². The molecule has 548 valence electrons. The minimum Gasteiger partial charge on any atom is -0.393 e. The van der Waals surface area contributed by atoms with Crippen molar-refractivity contribution in [2.24, 2.45) is 0 Å². The van der Waals surface area contributed by atoms with Crippen molar-refractivity contribution in [3.05, 3.63) is 97.0 Å². The second-order valence-electron chi connectivity index (χ2n) is 27.3. The van der Waals surface area contributed by atoms with Crippen LogP contribution in [0.5, 0.6) is 0 Å². The molecule has 4 atom stereocenters. The lowest BCUT2D eigenvalue weighted by atomic mass is 9.85. The Morgan fingerprint density at radius 3 is 1.40 bits per heavy atom. The Balaban J connectivity index is 0.000000154. The fourth-order valence-electron chi connectivity index (χ4n) is 13.7. The van der Waals surface area contributed by atoms with E-state index in [2.05, 4.69) is 95.7 Å². The van der Waals surface area contributed by atoms with E-state index >= 15 is 0 Å². The Labute approximate surface area is 590 Å². The number of hydrogen-bond acceptors (Lipinski definition) is 20. The molecule has 3 aliphatic carbocycles. The third-order valence-corrected chi connectivity index (χ3v) is 20.0. The molecular weight excluding hydrogens is 1340 g/mol. The molecule has 0 spiro atoms. The number of nitrogens with one attached hydrogen (secondary N) is 3. The van der Waals surface area contributed by atoms with E-state index in [1.165, 1.54) is 0 Å². The number of halogens is 4. The molecule has 9 aromatic heterocycles. The SMILES string of the molecule is C#CCCn1cc(-c2cc(C3CCC(O)CC3)n3nc(N[C@@H](C)COC(F)F)ncc23)cn1.C=S(C)(=O)CCn1cc(-c2cc(C3CCC(O)CC3)n3nc(N[C@@H](C)COC(F)F)ncc23)cn1.COC[C@H](C)Nc1ncc2c(-c3ccnc(N4CCCC4=O)c3)cc(C3CCC(O)CC3)n2n1. The molecular formula is C71H92F4N18O8S. The molecule has 0 radical (unpaired) electrons. The molecule has 6 N–H and O–H groups in total. The summed E-state index contributed by atoms with van der Waals surface area (Å²) >= 11 is 0. The summed E-state index contributed by atoms with van der Waals surface area (Å²) in [6.07, 6.45) is 32.5. The predicted octanol–water partition coefficient (Wildman–Crippen LogP) is 10.1. The number of methoxy groups -OCH3 is 1. The van der Waals surface area contributed by atoms with E-state index in [1.54, 1.807) is 67.8 Å². The Morgan fingerprint density at radius 2 is 1.02 bits per heavy atom. The van der Waals surface area contributed by atoms with Gasteiger partial charge in [0.1, 0.15) is 5.82 Å². The molecule has 0 aromatic carbocycles. The lowest BCUT2D eigenvalue weighted by Gasteiger charge is -2.25. The molecule has 1 aliphatic heterocycles. The van der Waals surface area contributed by atoms with Crippen LogP contribution in [0.2, 0.25) is 0 Å². The molecule has 31 heteroatoms. The van der Waals surface area contributed by atoms with Crippen LogP contribution in [-0.2, 0) is 41.6 Å². The van der Waals surface area contributed by atoms with E-state index < -0.39 is 34.8 Å². The third kappa shape index (κ3) is 19.2. The summed E-state index contributed by atoms with van der Waals surface area (Å²) in [5.74, 6) is 9.53. The van der Waals surface area contributed by atoms with Gasteiger partial charge in [-0.2, -0.15) is 27.8 Å². The van der Waals surface area contributed by atoms with Gasteiger partial charge in [0, 0.05) is 138 Å². The molecule has 3 saturated carbocycles. The number of carbonyl (C=O) groups excluding carboxylic acids is 1. The molecule has 4 aliphatic rings. The molecule has 4 fully saturated rings. The molecule has 0 bridgehead atoms. The van der Waals surface area contributed by atoms with Crippen LogP contribution in [0.4, 0.5) is 41.2 Å². The first-order valence-corrected chi connectivity index (χ1v) is 37.2. The van der Waals surface area contributed by atoms with Crippen LogP contribution in [0.15, 0.2) is 79.9 Å². The maximum atomic E-state index is 12.4. The Kier molecular flexibility index (Phi) is 24.9. The van der Waals surface area contributed by atoms with Crippen molar-refractivity contribution in [1.82, 2.24) is 68.3 Å². The standard InChI is InChI=1S/C25H32N6O3.C23H32F2N6O3S.C23H28F2N6O2/c1-16(15-34-2)28-25-27-14-22-20(13-21(31(22)29-25)17-5-7-19(32)8-6-17)18-9-10-26-23(12-18)30-11-3-4-24(30)33;1-15(14-34-22(24)25)28-23-26-12-21-19(17-11-27-30(13-17)8-9-35(2,3)33)10-20(31(21)29-23)16-4-6-18(32)7-5-16;1-3-4-9-30-13-17(11-27-30)19-10-20(16-5-7-18(32)8-6-16)31-21(19)12-26-23(29-31)28-15(2)14-33-22(24)25/h9-10,12-14,16-17,19,32H,3-8,11,15H2,1-2H3,(H,28,29);10-13,15-16,18,22,32H,2,4-9,14H2,1,3H3,(H,28,29);1,10-13,15-16,18,22,32H,4-9,14H2,2H3,(H,28,29)/t16-,17?,19?;15-,16?,18?,35?;15-,16?,18?/m000/s1. The van der Waals surface area contributed by atoms with Gasteiger partial charge in [-0.15, -0.1) is 27.6 Å². The predicted molar refractivity (Wildman–Crippen MR) is 382 cm³/mol. The Morgan fingerprint density at radius 1 is 0.608 bits per heavy atom. The molecule has 10 heterocycles. The highest BCUT2D eigenvalue weighted by molar-refractivity contribution is 7.99. The highest BCUT2D eigenvalue weighted by atomic mass is 32.2.